The lowest BCUT2D eigenvalue weighted by molar-refractivity contribution is -0.136. The molecule has 0 aliphatic carbocycles. The van der Waals surface area contributed by atoms with Crippen molar-refractivity contribution in [3.63, 3.8) is 0 Å². The van der Waals surface area contributed by atoms with Gasteiger partial charge in [-0.05, 0) is 23.6 Å². The third-order valence-corrected chi connectivity index (χ3v) is 6.08. The average molecular weight is 423 g/mol. The summed E-state index contributed by atoms with van der Waals surface area (Å²) in [4.78, 5) is 40.3. The topological polar surface area (TPSA) is 122 Å². The highest BCUT2D eigenvalue weighted by Crippen LogP contribution is 2.28. The Labute approximate surface area is 179 Å². The molecule has 2 aromatic rings. The average Bonchev–Trinajstić information content (AvgIpc) is 3.38. The maximum absolute atomic E-state index is 12.9. The first-order valence-corrected chi connectivity index (χ1v) is 10.6. The normalized spacial score (nSPS) is 21.3. The van der Waals surface area contributed by atoms with E-state index < -0.39 is 6.04 Å². The molecular weight excluding hydrogens is 398 g/mol. The molecule has 4 N–H and O–H groups in total. The number of carbonyl (C=O) groups is 3. The lowest BCUT2D eigenvalue weighted by Gasteiger charge is -2.29. The standard InChI is InChI=1S/C21H25N7O3/c29-19-4-3-16(20(30)24-19)28-12-14-2-1-13(9-15(14)21(28)31)11-23-17-10-18(26-25-17)27-7-5-22-6-8-27/h1-2,9-10,16,22H,3-8,11-12H2,(H2,23,25,26)(H,24,29,30). The molecule has 1 aromatic carbocycles. The number of fused-ring (bicyclic) bond motifs is 1. The Bertz CT molecular complexity index is 1030. The van der Waals surface area contributed by atoms with E-state index in [4.69, 9.17) is 0 Å². The number of piperidine rings is 1. The van der Waals surface area contributed by atoms with E-state index in [0.29, 0.717) is 25.1 Å². The number of H-pyrrole nitrogens is 1. The fraction of sp³-hybridized carbons (Fsp3) is 0.429. The van der Waals surface area contributed by atoms with Crippen LogP contribution < -0.4 is 20.9 Å². The summed E-state index contributed by atoms with van der Waals surface area (Å²) in [7, 11) is 0. The van der Waals surface area contributed by atoms with Gasteiger partial charge in [0.1, 0.15) is 11.9 Å². The van der Waals surface area contributed by atoms with Gasteiger partial charge in [0, 0.05) is 57.3 Å². The summed E-state index contributed by atoms with van der Waals surface area (Å²) in [6.07, 6.45) is 0.625. The van der Waals surface area contributed by atoms with Gasteiger partial charge in [0.25, 0.3) is 5.91 Å². The Kier molecular flexibility index (Phi) is 5.06. The van der Waals surface area contributed by atoms with Crippen LogP contribution in [0.5, 0.6) is 0 Å². The number of aromatic nitrogens is 2. The molecule has 1 unspecified atom stereocenters. The van der Waals surface area contributed by atoms with E-state index in [2.05, 4.69) is 31.0 Å². The summed E-state index contributed by atoms with van der Waals surface area (Å²) in [6, 6.07) is 7.21. The highest BCUT2D eigenvalue weighted by molar-refractivity contribution is 6.05. The molecule has 3 aliphatic heterocycles. The molecule has 3 aliphatic rings. The maximum atomic E-state index is 12.9. The van der Waals surface area contributed by atoms with Crippen LogP contribution >= 0.6 is 0 Å². The molecule has 5 rings (SSSR count). The van der Waals surface area contributed by atoms with Gasteiger partial charge >= 0.3 is 0 Å². The van der Waals surface area contributed by atoms with E-state index in [-0.39, 0.29) is 24.1 Å². The zero-order chi connectivity index (χ0) is 21.4. The van der Waals surface area contributed by atoms with Gasteiger partial charge in [-0.2, -0.15) is 5.10 Å². The van der Waals surface area contributed by atoms with E-state index in [0.717, 1.165) is 48.9 Å². The lowest BCUT2D eigenvalue weighted by atomic mass is 10.0. The highest BCUT2D eigenvalue weighted by Gasteiger charge is 2.39. The van der Waals surface area contributed by atoms with Crippen LogP contribution in [0.15, 0.2) is 24.3 Å². The third kappa shape index (κ3) is 3.86. The number of nitrogens with zero attached hydrogens (tertiary/aromatic N) is 3. The molecule has 2 fully saturated rings. The van der Waals surface area contributed by atoms with Crippen molar-refractivity contribution in [3.8, 4) is 0 Å². The number of benzene rings is 1. The molecule has 4 heterocycles. The van der Waals surface area contributed by atoms with Crippen LogP contribution in [0.3, 0.4) is 0 Å². The predicted octanol–water partition coefficient (Wildman–Crippen LogP) is 0.192. The Morgan fingerprint density at radius 2 is 1.97 bits per heavy atom. The number of rotatable bonds is 5. The van der Waals surface area contributed by atoms with Crippen molar-refractivity contribution in [2.24, 2.45) is 0 Å². The molecule has 0 radical (unpaired) electrons. The molecule has 1 aromatic heterocycles. The van der Waals surface area contributed by atoms with E-state index in [9.17, 15) is 14.4 Å². The molecule has 3 amide bonds. The van der Waals surface area contributed by atoms with Crippen LogP contribution in [-0.2, 0) is 22.7 Å². The first-order chi connectivity index (χ1) is 15.1. The van der Waals surface area contributed by atoms with Crippen LogP contribution in [0.25, 0.3) is 0 Å². The third-order valence-electron chi connectivity index (χ3n) is 6.08. The number of hydrogen-bond donors (Lipinski definition) is 4. The second kappa shape index (κ2) is 8.03. The van der Waals surface area contributed by atoms with Crippen molar-refractivity contribution < 1.29 is 14.4 Å². The summed E-state index contributed by atoms with van der Waals surface area (Å²) in [6.45, 7) is 4.70. The van der Waals surface area contributed by atoms with Crippen molar-refractivity contribution in [1.29, 1.82) is 0 Å². The largest absolute Gasteiger partial charge is 0.366 e. The highest BCUT2D eigenvalue weighted by atomic mass is 16.2. The number of anilines is 2. The van der Waals surface area contributed by atoms with E-state index in [1.807, 2.05) is 24.3 Å². The Morgan fingerprint density at radius 3 is 2.77 bits per heavy atom. The van der Waals surface area contributed by atoms with E-state index >= 15 is 0 Å². The number of nitrogens with one attached hydrogen (secondary N) is 4. The van der Waals surface area contributed by atoms with Gasteiger partial charge in [-0.25, -0.2) is 0 Å². The summed E-state index contributed by atoms with van der Waals surface area (Å²) in [5, 5.41) is 16.4. The molecule has 2 saturated heterocycles. The summed E-state index contributed by atoms with van der Waals surface area (Å²) < 4.78 is 0. The second-order valence-corrected chi connectivity index (χ2v) is 8.12. The molecule has 1 atom stereocenters. The van der Waals surface area contributed by atoms with Crippen LogP contribution in [-0.4, -0.2) is 65.0 Å². The minimum atomic E-state index is -0.590. The van der Waals surface area contributed by atoms with Gasteiger partial charge in [-0.3, -0.25) is 24.8 Å². The number of imide groups is 1. The van der Waals surface area contributed by atoms with E-state index in [1.54, 1.807) is 4.90 Å². The molecular formula is C21H25N7O3. The number of amides is 3. The van der Waals surface area contributed by atoms with Gasteiger partial charge in [0.15, 0.2) is 5.82 Å². The first kappa shape index (κ1) is 19.6. The minimum absolute atomic E-state index is 0.158. The van der Waals surface area contributed by atoms with Crippen molar-refractivity contribution in [3.05, 3.63) is 41.0 Å². The van der Waals surface area contributed by atoms with E-state index in [1.165, 1.54) is 0 Å². The number of aromatic amines is 1. The van der Waals surface area contributed by atoms with Crippen LogP contribution in [0.1, 0.15) is 34.3 Å². The quantitative estimate of drug-likeness (QED) is 0.507. The maximum Gasteiger partial charge on any atom is 0.255 e. The number of hydrogen-bond acceptors (Lipinski definition) is 7. The van der Waals surface area contributed by atoms with Crippen molar-refractivity contribution >= 4 is 29.4 Å². The van der Waals surface area contributed by atoms with Crippen LogP contribution in [0, 0.1) is 0 Å². The first-order valence-electron chi connectivity index (χ1n) is 10.6. The molecule has 0 saturated carbocycles. The molecule has 0 bridgehead atoms. The minimum Gasteiger partial charge on any atom is -0.366 e. The fourth-order valence-corrected chi connectivity index (χ4v) is 4.37. The monoisotopic (exact) mass is 423 g/mol. The molecule has 10 heteroatoms. The SMILES string of the molecule is O=C1CCC(N2Cc3ccc(CNc4cc(N5CCNCC5)n[nH]4)cc3C2=O)C(=O)N1. The van der Waals surface area contributed by atoms with Crippen LogP contribution in [0.2, 0.25) is 0 Å². The van der Waals surface area contributed by atoms with Crippen molar-refractivity contribution in [2.45, 2.75) is 32.0 Å². The molecule has 0 spiro atoms. The van der Waals surface area contributed by atoms with Gasteiger partial charge in [-0.1, -0.05) is 12.1 Å². The summed E-state index contributed by atoms with van der Waals surface area (Å²) >= 11 is 0. The van der Waals surface area contributed by atoms with Crippen LogP contribution in [0.4, 0.5) is 11.6 Å². The smallest absolute Gasteiger partial charge is 0.255 e. The van der Waals surface area contributed by atoms with Crippen molar-refractivity contribution in [2.75, 3.05) is 36.4 Å². The Hall–Kier alpha value is -3.40. The second-order valence-electron chi connectivity index (χ2n) is 8.12. The Balaban J connectivity index is 1.23. The molecule has 31 heavy (non-hydrogen) atoms. The number of piperazine rings is 1. The van der Waals surface area contributed by atoms with Gasteiger partial charge in [0.05, 0.1) is 0 Å². The van der Waals surface area contributed by atoms with Gasteiger partial charge in [-0.15, -0.1) is 0 Å². The molecule has 10 nitrogen and oxygen atoms in total. The zero-order valence-electron chi connectivity index (χ0n) is 17.1. The van der Waals surface area contributed by atoms with Gasteiger partial charge in [0.2, 0.25) is 11.8 Å². The predicted molar refractivity (Wildman–Crippen MR) is 113 cm³/mol. The lowest BCUT2D eigenvalue weighted by Crippen LogP contribution is -2.52. The Morgan fingerprint density at radius 1 is 1.13 bits per heavy atom. The van der Waals surface area contributed by atoms with Crippen molar-refractivity contribution in [1.82, 2.24) is 25.7 Å². The number of carbonyl (C=O) groups excluding carboxylic acids is 3. The van der Waals surface area contributed by atoms with Gasteiger partial charge < -0.3 is 20.4 Å². The molecule has 162 valence electrons. The summed E-state index contributed by atoms with van der Waals surface area (Å²) in [5.74, 6) is 0.920. The zero-order valence-corrected chi connectivity index (χ0v) is 17.1. The summed E-state index contributed by atoms with van der Waals surface area (Å²) in [5.41, 5.74) is 2.49. The fourth-order valence-electron chi connectivity index (χ4n) is 4.37.